The lowest BCUT2D eigenvalue weighted by Gasteiger charge is -2.09. The first kappa shape index (κ1) is 13.2. The summed E-state index contributed by atoms with van der Waals surface area (Å²) in [5, 5.41) is 0. The number of nitrogens with two attached hydrogens (primary N) is 1. The number of nitrogens with one attached hydrogen (secondary N) is 1. The van der Waals surface area contributed by atoms with Crippen LogP contribution in [0.5, 0.6) is 5.75 Å². The highest BCUT2D eigenvalue weighted by Gasteiger charge is 2.12. The summed E-state index contributed by atoms with van der Waals surface area (Å²) in [5.41, 5.74) is 3.42. The highest BCUT2D eigenvalue weighted by Crippen LogP contribution is 2.21. The first-order valence-electron chi connectivity index (χ1n) is 5.77. The maximum absolute atomic E-state index is 13.6. The summed E-state index contributed by atoms with van der Waals surface area (Å²) in [6.45, 7) is 1.57. The summed E-state index contributed by atoms with van der Waals surface area (Å²) in [6, 6.07) is 7.55. The van der Waals surface area contributed by atoms with Crippen LogP contribution in [0.1, 0.15) is 17.1 Å². The number of rotatable bonds is 4. The van der Waals surface area contributed by atoms with Crippen LogP contribution in [0.2, 0.25) is 0 Å². The molecule has 19 heavy (non-hydrogen) atoms. The maximum Gasteiger partial charge on any atom is 0.187 e. The zero-order chi connectivity index (χ0) is 13.8. The van der Waals surface area contributed by atoms with Crippen molar-refractivity contribution in [1.82, 2.24) is 9.97 Å². The molecule has 0 aliphatic rings. The first-order chi connectivity index (χ1) is 9.15. The average Bonchev–Trinajstić information content (AvgIpc) is 2.43. The van der Waals surface area contributed by atoms with Gasteiger partial charge in [-0.15, -0.1) is 0 Å². The Bertz CT molecular complexity index is 589. The topological polar surface area (TPSA) is 73.1 Å². The van der Waals surface area contributed by atoms with Gasteiger partial charge in [-0.2, -0.15) is 0 Å². The lowest BCUT2D eigenvalue weighted by molar-refractivity contribution is 0.410. The Morgan fingerprint density at radius 3 is 2.74 bits per heavy atom. The fraction of sp³-hybridized carbons (Fsp3) is 0.231. The van der Waals surface area contributed by atoms with Gasteiger partial charge in [0.05, 0.1) is 12.8 Å². The fourth-order valence-electron chi connectivity index (χ4n) is 1.81. The van der Waals surface area contributed by atoms with Gasteiger partial charge in [-0.3, -0.25) is 0 Å². The molecule has 0 atom stereocenters. The van der Waals surface area contributed by atoms with Crippen molar-refractivity contribution in [2.45, 2.75) is 13.3 Å². The predicted molar refractivity (Wildman–Crippen MR) is 70.3 cm³/mol. The molecule has 0 bridgehead atoms. The molecule has 2 rings (SSSR count). The second-order valence-corrected chi connectivity index (χ2v) is 4.02. The third-order valence-electron chi connectivity index (χ3n) is 2.74. The normalized spacial score (nSPS) is 10.3. The van der Waals surface area contributed by atoms with E-state index in [1.54, 1.807) is 14.0 Å². The highest BCUT2D eigenvalue weighted by molar-refractivity contribution is 5.39. The van der Waals surface area contributed by atoms with E-state index in [9.17, 15) is 4.39 Å². The van der Waals surface area contributed by atoms with E-state index in [0.717, 1.165) is 11.3 Å². The monoisotopic (exact) mass is 262 g/mol. The molecular formula is C13H15FN4O. The summed E-state index contributed by atoms with van der Waals surface area (Å²) in [6.07, 6.45) is 0.444. The quantitative estimate of drug-likeness (QED) is 0.649. The Hall–Kier alpha value is -2.21. The molecule has 0 aliphatic carbocycles. The van der Waals surface area contributed by atoms with E-state index >= 15 is 0 Å². The summed E-state index contributed by atoms with van der Waals surface area (Å²) in [7, 11) is 1.60. The molecule has 1 aromatic carbocycles. The summed E-state index contributed by atoms with van der Waals surface area (Å²) in [4.78, 5) is 8.16. The number of para-hydroxylation sites is 1. The Morgan fingerprint density at radius 2 is 2.05 bits per heavy atom. The molecular weight excluding hydrogens is 247 g/mol. The Morgan fingerprint density at radius 1 is 1.32 bits per heavy atom. The number of aryl methyl sites for hydroxylation is 1. The molecule has 0 fully saturated rings. The largest absolute Gasteiger partial charge is 0.496 e. The van der Waals surface area contributed by atoms with Crippen molar-refractivity contribution in [2.75, 3.05) is 12.5 Å². The summed E-state index contributed by atoms with van der Waals surface area (Å²) >= 11 is 0. The third-order valence-corrected chi connectivity index (χ3v) is 2.74. The van der Waals surface area contributed by atoms with Gasteiger partial charge in [-0.25, -0.2) is 20.2 Å². The molecule has 0 spiro atoms. The van der Waals surface area contributed by atoms with Crippen molar-refractivity contribution >= 4 is 5.82 Å². The number of hydrogen-bond donors (Lipinski definition) is 2. The number of anilines is 1. The van der Waals surface area contributed by atoms with Crippen LogP contribution in [0, 0.1) is 12.7 Å². The van der Waals surface area contributed by atoms with Gasteiger partial charge in [0.25, 0.3) is 0 Å². The number of aromatic nitrogens is 2. The molecule has 1 heterocycles. The van der Waals surface area contributed by atoms with Crippen molar-refractivity contribution < 1.29 is 9.13 Å². The summed E-state index contributed by atoms with van der Waals surface area (Å²) < 4.78 is 18.8. The van der Waals surface area contributed by atoms with Crippen LogP contribution < -0.4 is 16.0 Å². The minimum Gasteiger partial charge on any atom is -0.496 e. The van der Waals surface area contributed by atoms with E-state index in [1.807, 2.05) is 24.3 Å². The van der Waals surface area contributed by atoms with Gasteiger partial charge < -0.3 is 10.2 Å². The van der Waals surface area contributed by atoms with Crippen LogP contribution in [0.25, 0.3) is 0 Å². The number of hydrogen-bond acceptors (Lipinski definition) is 5. The third kappa shape index (κ3) is 2.79. The van der Waals surface area contributed by atoms with Crippen LogP contribution in [0.15, 0.2) is 24.3 Å². The minimum absolute atomic E-state index is 0.00241. The van der Waals surface area contributed by atoms with Gasteiger partial charge in [-0.05, 0) is 13.0 Å². The number of hydrazine groups is 1. The van der Waals surface area contributed by atoms with Crippen molar-refractivity contribution in [3.8, 4) is 5.75 Å². The van der Waals surface area contributed by atoms with Crippen molar-refractivity contribution in [3.05, 3.63) is 47.2 Å². The molecule has 100 valence electrons. The number of halogens is 1. The first-order valence-corrected chi connectivity index (χ1v) is 5.77. The predicted octanol–water partition coefficient (Wildman–Crippen LogP) is 1.81. The molecule has 3 N–H and O–H groups in total. The van der Waals surface area contributed by atoms with Crippen molar-refractivity contribution in [1.29, 1.82) is 0 Å². The number of nitrogen functional groups attached to an aromatic ring is 1. The molecule has 5 nitrogen and oxygen atoms in total. The standard InChI is InChI=1S/C13H15FN4O/c1-8-12(14)13(18-15)17-11(16-8)7-9-5-3-4-6-10(9)19-2/h3-6H,7,15H2,1-2H3,(H,16,17,18). The maximum atomic E-state index is 13.6. The highest BCUT2D eigenvalue weighted by atomic mass is 19.1. The van der Waals surface area contributed by atoms with E-state index in [1.165, 1.54) is 0 Å². The second-order valence-electron chi connectivity index (χ2n) is 4.02. The van der Waals surface area contributed by atoms with E-state index in [-0.39, 0.29) is 11.5 Å². The van der Waals surface area contributed by atoms with E-state index in [4.69, 9.17) is 10.6 Å². The van der Waals surface area contributed by atoms with Gasteiger partial charge in [0, 0.05) is 12.0 Å². The molecule has 0 saturated carbocycles. The van der Waals surface area contributed by atoms with Crippen LogP contribution in [-0.2, 0) is 6.42 Å². The summed E-state index contributed by atoms with van der Waals surface area (Å²) in [5.74, 6) is 5.92. The SMILES string of the molecule is COc1ccccc1Cc1nc(C)c(F)c(NN)n1. The zero-order valence-electron chi connectivity index (χ0n) is 10.8. The van der Waals surface area contributed by atoms with Crippen LogP contribution >= 0.6 is 0 Å². The minimum atomic E-state index is -0.536. The van der Waals surface area contributed by atoms with Crippen molar-refractivity contribution in [2.24, 2.45) is 5.84 Å². The van der Waals surface area contributed by atoms with E-state index < -0.39 is 5.82 Å². The van der Waals surface area contributed by atoms with Gasteiger partial charge in [0.15, 0.2) is 11.6 Å². The van der Waals surface area contributed by atoms with Crippen LogP contribution in [0.3, 0.4) is 0 Å². The molecule has 0 unspecified atom stereocenters. The Balaban J connectivity index is 2.36. The molecule has 6 heteroatoms. The van der Waals surface area contributed by atoms with Gasteiger partial charge in [0.1, 0.15) is 11.6 Å². The van der Waals surface area contributed by atoms with Gasteiger partial charge >= 0.3 is 0 Å². The molecule has 0 saturated heterocycles. The van der Waals surface area contributed by atoms with Crippen LogP contribution in [-0.4, -0.2) is 17.1 Å². The van der Waals surface area contributed by atoms with Gasteiger partial charge in [0.2, 0.25) is 0 Å². The molecule has 1 aromatic heterocycles. The molecule has 2 aromatic rings. The zero-order valence-corrected chi connectivity index (χ0v) is 10.8. The van der Waals surface area contributed by atoms with E-state index in [0.29, 0.717) is 12.2 Å². The lowest BCUT2D eigenvalue weighted by Crippen LogP contribution is -2.14. The number of nitrogens with zero attached hydrogens (tertiary/aromatic N) is 2. The molecule has 0 aliphatic heterocycles. The van der Waals surface area contributed by atoms with Crippen molar-refractivity contribution in [3.63, 3.8) is 0 Å². The lowest BCUT2D eigenvalue weighted by atomic mass is 10.1. The molecule has 0 amide bonds. The Labute approximate surface area is 110 Å². The average molecular weight is 262 g/mol. The second kappa shape index (κ2) is 5.62. The van der Waals surface area contributed by atoms with Crippen LogP contribution in [0.4, 0.5) is 10.2 Å². The van der Waals surface area contributed by atoms with Gasteiger partial charge in [-0.1, -0.05) is 18.2 Å². The Kier molecular flexibility index (Phi) is 3.91. The number of methoxy groups -OCH3 is 1. The molecule has 0 radical (unpaired) electrons. The number of benzene rings is 1. The smallest absolute Gasteiger partial charge is 0.187 e. The fourth-order valence-corrected chi connectivity index (χ4v) is 1.81. The van der Waals surface area contributed by atoms with E-state index in [2.05, 4.69) is 15.4 Å². The number of ether oxygens (including phenoxy) is 1.